The molecule has 0 amide bonds. The van der Waals surface area contributed by atoms with Crippen molar-refractivity contribution >= 4 is 93.9 Å². The Balaban J connectivity index is 1.16. The lowest BCUT2D eigenvalue weighted by molar-refractivity contribution is 1.68. The molecule has 0 spiro atoms. The van der Waals surface area contributed by atoms with E-state index in [-0.39, 0.29) is 0 Å². The Hall–Kier alpha value is -6.54. The molecule has 256 valence electrons. The molecule has 1 aliphatic rings. The van der Waals surface area contributed by atoms with Crippen molar-refractivity contribution < 1.29 is 0 Å². The van der Waals surface area contributed by atoms with Gasteiger partial charge in [-0.15, -0.1) is 0 Å². The SMILES string of the molecule is C[Si]1(C)c2ccc(-c3c4ccccc4c(-c4c5ccccc5cc5ccccc45)c4ccccc34)cc2-c2cc3c4ccccc4c4ccccc4c3cc21. The number of benzene rings is 11. The quantitative estimate of drug-likeness (QED) is 0.0951. The third-order valence-electron chi connectivity index (χ3n) is 12.8. The molecule has 12 rings (SSSR count). The van der Waals surface area contributed by atoms with Crippen LogP contribution in [0.25, 0.3) is 109 Å². The van der Waals surface area contributed by atoms with Crippen molar-refractivity contribution in [3.05, 3.63) is 182 Å². The predicted molar refractivity (Wildman–Crippen MR) is 242 cm³/mol. The van der Waals surface area contributed by atoms with Gasteiger partial charge in [0, 0.05) is 0 Å². The van der Waals surface area contributed by atoms with E-state index in [1.54, 1.807) is 5.19 Å². The van der Waals surface area contributed by atoms with Crippen LogP contribution < -0.4 is 10.4 Å². The van der Waals surface area contributed by atoms with Crippen LogP contribution in [-0.4, -0.2) is 8.07 Å². The number of hydrogen-bond donors (Lipinski definition) is 0. The summed E-state index contributed by atoms with van der Waals surface area (Å²) >= 11 is 0. The highest BCUT2D eigenvalue weighted by atomic mass is 28.3. The van der Waals surface area contributed by atoms with Gasteiger partial charge in [-0.2, -0.15) is 0 Å². The molecule has 0 nitrogen and oxygen atoms in total. The van der Waals surface area contributed by atoms with Gasteiger partial charge in [0.1, 0.15) is 8.07 Å². The first-order valence-corrected chi connectivity index (χ1v) is 22.4. The maximum atomic E-state index is 2.57. The molecule has 0 radical (unpaired) electrons. The first-order chi connectivity index (χ1) is 27.1. The maximum Gasteiger partial charge on any atom is 0.113 e. The zero-order valence-electron chi connectivity index (χ0n) is 30.8. The van der Waals surface area contributed by atoms with Crippen molar-refractivity contribution in [3.63, 3.8) is 0 Å². The molecular weight excluding hydrogens is 677 g/mol. The second-order valence-corrected chi connectivity index (χ2v) is 20.3. The minimum Gasteiger partial charge on any atom is -0.0616 e. The summed E-state index contributed by atoms with van der Waals surface area (Å²) in [5.74, 6) is 0. The molecule has 0 atom stereocenters. The fraction of sp³-hybridized carbons (Fsp3) is 0.0370. The Morgan fingerprint density at radius 3 is 1.18 bits per heavy atom. The molecule has 0 N–H and O–H groups in total. The molecule has 1 heteroatoms. The van der Waals surface area contributed by atoms with Gasteiger partial charge in [-0.3, -0.25) is 0 Å². The third kappa shape index (κ3) is 4.22. The summed E-state index contributed by atoms with van der Waals surface area (Å²) in [6.45, 7) is 5.08. The fourth-order valence-electron chi connectivity index (χ4n) is 10.3. The van der Waals surface area contributed by atoms with Crippen molar-refractivity contribution in [1.29, 1.82) is 0 Å². The summed E-state index contributed by atoms with van der Waals surface area (Å²) in [7, 11) is -1.99. The van der Waals surface area contributed by atoms with E-state index in [1.807, 2.05) is 0 Å². The standard InChI is InChI=1S/C54H36Si/c1-55(2)50-28-27-35(30-48(50)49-31-46-40-21-9-7-19-38(40)39-20-8-10-22-41(39)47(46)32-51(49)55)52-42-23-11-13-25-44(42)54(45-26-14-12-24-43(45)52)53-36-17-5-3-15-33(36)29-34-16-4-6-18-37(34)53/h3-32H,1-2H3. The smallest absolute Gasteiger partial charge is 0.0616 e. The zero-order chi connectivity index (χ0) is 36.4. The van der Waals surface area contributed by atoms with Gasteiger partial charge in [0.25, 0.3) is 0 Å². The molecule has 0 bridgehead atoms. The van der Waals surface area contributed by atoms with Gasteiger partial charge in [-0.05, 0) is 137 Å². The molecule has 0 aliphatic carbocycles. The van der Waals surface area contributed by atoms with E-state index >= 15 is 0 Å². The average Bonchev–Trinajstić information content (AvgIpc) is 3.46. The normalized spacial score (nSPS) is 13.4. The Morgan fingerprint density at radius 1 is 0.273 bits per heavy atom. The van der Waals surface area contributed by atoms with E-state index in [1.165, 1.54) is 114 Å². The third-order valence-corrected chi connectivity index (χ3v) is 16.3. The van der Waals surface area contributed by atoms with Crippen molar-refractivity contribution in [2.24, 2.45) is 0 Å². The van der Waals surface area contributed by atoms with Gasteiger partial charge in [0.2, 0.25) is 0 Å². The number of fused-ring (bicyclic) bond motifs is 13. The molecule has 1 heterocycles. The van der Waals surface area contributed by atoms with Gasteiger partial charge in [-0.25, -0.2) is 0 Å². The fourth-order valence-corrected chi connectivity index (χ4v) is 13.4. The van der Waals surface area contributed by atoms with Crippen molar-refractivity contribution in [2.45, 2.75) is 13.1 Å². The molecular formula is C54H36Si. The largest absolute Gasteiger partial charge is 0.113 e. The van der Waals surface area contributed by atoms with Gasteiger partial charge in [-0.1, -0.05) is 177 Å². The van der Waals surface area contributed by atoms with Gasteiger partial charge < -0.3 is 0 Å². The van der Waals surface area contributed by atoms with E-state index in [9.17, 15) is 0 Å². The van der Waals surface area contributed by atoms with E-state index in [2.05, 4.69) is 195 Å². The molecule has 0 saturated carbocycles. The van der Waals surface area contributed by atoms with Crippen LogP contribution in [0.2, 0.25) is 13.1 Å². The highest BCUT2D eigenvalue weighted by molar-refractivity contribution is 7.04. The number of rotatable bonds is 2. The lowest BCUT2D eigenvalue weighted by Gasteiger charge is -2.21. The highest BCUT2D eigenvalue weighted by Crippen LogP contribution is 2.48. The van der Waals surface area contributed by atoms with E-state index in [0.717, 1.165) is 0 Å². The van der Waals surface area contributed by atoms with Gasteiger partial charge >= 0.3 is 0 Å². The maximum absolute atomic E-state index is 2.57. The van der Waals surface area contributed by atoms with Crippen LogP contribution in [0.3, 0.4) is 0 Å². The molecule has 0 aromatic heterocycles. The van der Waals surface area contributed by atoms with Crippen LogP contribution in [0.5, 0.6) is 0 Å². The minimum absolute atomic E-state index is 1.27. The molecule has 11 aromatic carbocycles. The zero-order valence-corrected chi connectivity index (χ0v) is 31.8. The topological polar surface area (TPSA) is 0 Å². The highest BCUT2D eigenvalue weighted by Gasteiger charge is 2.38. The van der Waals surface area contributed by atoms with Crippen molar-refractivity contribution in [2.75, 3.05) is 0 Å². The second-order valence-electron chi connectivity index (χ2n) is 16.0. The lowest BCUT2D eigenvalue weighted by Crippen LogP contribution is -2.49. The summed E-state index contributed by atoms with van der Waals surface area (Å²) in [6, 6.07) is 68.8. The van der Waals surface area contributed by atoms with E-state index in [4.69, 9.17) is 0 Å². The van der Waals surface area contributed by atoms with Crippen LogP contribution in [0, 0.1) is 0 Å². The summed E-state index contributed by atoms with van der Waals surface area (Å²) in [4.78, 5) is 0. The van der Waals surface area contributed by atoms with Crippen LogP contribution in [0.15, 0.2) is 182 Å². The Kier molecular flexibility index (Phi) is 6.31. The number of hydrogen-bond acceptors (Lipinski definition) is 0. The first kappa shape index (κ1) is 30.9. The lowest BCUT2D eigenvalue weighted by atomic mass is 9.82. The Labute approximate surface area is 320 Å². The predicted octanol–water partition coefficient (Wildman–Crippen LogP) is 13.9. The average molecular weight is 713 g/mol. The summed E-state index contributed by atoms with van der Waals surface area (Å²) in [5, 5.41) is 21.4. The minimum atomic E-state index is -1.99. The molecule has 0 unspecified atom stereocenters. The molecule has 55 heavy (non-hydrogen) atoms. The van der Waals surface area contributed by atoms with Crippen molar-refractivity contribution in [3.8, 4) is 33.4 Å². The molecule has 0 saturated heterocycles. The monoisotopic (exact) mass is 712 g/mol. The summed E-state index contributed by atoms with van der Waals surface area (Å²) in [5.41, 5.74) is 8.03. The van der Waals surface area contributed by atoms with Crippen LogP contribution in [0.1, 0.15) is 0 Å². The van der Waals surface area contributed by atoms with E-state index in [0.29, 0.717) is 0 Å². The molecule has 11 aromatic rings. The Bertz CT molecular complexity index is 3350. The van der Waals surface area contributed by atoms with E-state index < -0.39 is 8.07 Å². The van der Waals surface area contributed by atoms with Gasteiger partial charge in [0.05, 0.1) is 0 Å². The second kappa shape index (κ2) is 11.2. The molecule has 1 aliphatic heterocycles. The van der Waals surface area contributed by atoms with Crippen LogP contribution in [0.4, 0.5) is 0 Å². The summed E-state index contributed by atoms with van der Waals surface area (Å²) < 4.78 is 0. The van der Waals surface area contributed by atoms with Gasteiger partial charge in [0.15, 0.2) is 0 Å². The first-order valence-electron chi connectivity index (χ1n) is 19.4. The molecule has 0 fully saturated rings. The van der Waals surface area contributed by atoms with Crippen LogP contribution >= 0.6 is 0 Å². The summed E-state index contributed by atoms with van der Waals surface area (Å²) in [6.07, 6.45) is 0. The van der Waals surface area contributed by atoms with Crippen molar-refractivity contribution in [1.82, 2.24) is 0 Å². The Morgan fingerprint density at radius 2 is 0.655 bits per heavy atom. The van der Waals surface area contributed by atoms with Crippen LogP contribution in [-0.2, 0) is 0 Å².